The number of nitrogens with zero attached hydrogens (tertiary/aromatic N) is 1. The van der Waals surface area contributed by atoms with Gasteiger partial charge in [-0.1, -0.05) is 12.7 Å². The normalized spacial score (nSPS) is 47.1. The van der Waals surface area contributed by atoms with Crippen LogP contribution in [0.4, 0.5) is 0 Å². The van der Waals surface area contributed by atoms with E-state index in [4.69, 9.17) is 0 Å². The van der Waals surface area contributed by atoms with Crippen molar-refractivity contribution in [2.75, 3.05) is 0 Å². The van der Waals surface area contributed by atoms with Crippen LogP contribution in [0, 0.1) is 5.92 Å². The van der Waals surface area contributed by atoms with E-state index in [1.807, 2.05) is 0 Å². The summed E-state index contributed by atoms with van der Waals surface area (Å²) in [5.74, 6) is 0.878. The van der Waals surface area contributed by atoms with E-state index < -0.39 is 0 Å². The molecule has 0 aromatic carbocycles. The summed E-state index contributed by atoms with van der Waals surface area (Å²) in [6.07, 6.45) is 8.40. The van der Waals surface area contributed by atoms with Crippen molar-refractivity contribution in [2.24, 2.45) is 5.92 Å². The highest BCUT2D eigenvalue weighted by atomic mass is 15.3. The maximum atomic E-state index is 3.73. The summed E-state index contributed by atoms with van der Waals surface area (Å²) in [6, 6.07) is 0.857. The van der Waals surface area contributed by atoms with Crippen molar-refractivity contribution in [3.05, 3.63) is 17.0 Å². The van der Waals surface area contributed by atoms with E-state index in [1.54, 1.807) is 11.3 Å². The average molecular weight is 187 g/mol. The first kappa shape index (κ1) is 7.59. The maximum absolute atomic E-state index is 3.73. The van der Waals surface area contributed by atoms with Crippen LogP contribution in [-0.4, -0.2) is 16.5 Å². The van der Waals surface area contributed by atoms with Gasteiger partial charge in [-0.05, 0) is 44.1 Å². The fourth-order valence-corrected chi connectivity index (χ4v) is 4.29. The highest BCUT2D eigenvalue weighted by Crippen LogP contribution is 2.61. The Balaban J connectivity index is 1.85. The Bertz CT molecular complexity index is 375. The van der Waals surface area contributed by atoms with Gasteiger partial charge in [0.1, 0.15) is 0 Å². The van der Waals surface area contributed by atoms with Crippen LogP contribution in [0.2, 0.25) is 0 Å². The van der Waals surface area contributed by atoms with Crippen LogP contribution in [0.25, 0.3) is 0 Å². The van der Waals surface area contributed by atoms with Crippen LogP contribution >= 0.6 is 0 Å². The molecule has 2 fully saturated rings. The molecule has 1 aliphatic carbocycles. The van der Waals surface area contributed by atoms with Crippen molar-refractivity contribution < 1.29 is 0 Å². The van der Waals surface area contributed by atoms with Crippen molar-refractivity contribution in [1.29, 1.82) is 0 Å². The molecule has 3 aliphatic heterocycles. The Kier molecular flexibility index (Phi) is 1.15. The average Bonchev–Trinajstić information content (AvgIpc) is 2.38. The minimum absolute atomic E-state index is 0.517. The molecule has 0 spiro atoms. The second-order valence-electron chi connectivity index (χ2n) is 5.43. The Labute approximate surface area is 85.5 Å². The van der Waals surface area contributed by atoms with Gasteiger partial charge >= 0.3 is 0 Å². The molecule has 0 radical (unpaired) electrons. The molecule has 74 valence electrons. The van der Waals surface area contributed by atoms with Gasteiger partial charge in [-0.3, -0.25) is 0 Å². The highest BCUT2D eigenvalue weighted by Gasteiger charge is 2.61. The second-order valence-corrected chi connectivity index (χ2v) is 5.43. The molecule has 1 heteroatoms. The molecular formula is C13H17N. The zero-order valence-corrected chi connectivity index (χ0v) is 8.84. The van der Waals surface area contributed by atoms with E-state index in [1.165, 1.54) is 38.5 Å². The first-order valence-electron chi connectivity index (χ1n) is 6.14. The Morgan fingerprint density at radius 3 is 3.29 bits per heavy atom. The quantitative estimate of drug-likeness (QED) is 0.571. The zero-order valence-electron chi connectivity index (χ0n) is 8.84. The van der Waals surface area contributed by atoms with Crippen molar-refractivity contribution >= 4 is 0 Å². The number of piperidine rings is 1. The predicted octanol–water partition coefficient (Wildman–Crippen LogP) is 2.84. The zero-order chi connectivity index (χ0) is 9.34. The summed E-state index contributed by atoms with van der Waals surface area (Å²) in [4.78, 5) is 2.75. The molecule has 3 bridgehead atoms. The van der Waals surface area contributed by atoms with E-state index in [9.17, 15) is 0 Å². The van der Waals surface area contributed by atoms with Gasteiger partial charge < -0.3 is 4.90 Å². The lowest BCUT2D eigenvalue weighted by Crippen LogP contribution is -2.65. The van der Waals surface area contributed by atoms with E-state index >= 15 is 0 Å². The minimum Gasteiger partial charge on any atom is -0.355 e. The third-order valence-electron chi connectivity index (χ3n) is 5.01. The smallest absolute Gasteiger partial charge is 0.0713 e. The lowest BCUT2D eigenvalue weighted by atomic mass is 9.69. The molecule has 0 amide bonds. The first-order valence-corrected chi connectivity index (χ1v) is 6.14. The summed E-state index contributed by atoms with van der Waals surface area (Å²) in [6.45, 7) is 2.33. The van der Waals surface area contributed by atoms with Crippen molar-refractivity contribution in [3.63, 3.8) is 0 Å². The van der Waals surface area contributed by atoms with Gasteiger partial charge in [-0.2, -0.15) is 0 Å². The molecule has 3 atom stereocenters. The lowest BCUT2D eigenvalue weighted by molar-refractivity contribution is -0.0410. The van der Waals surface area contributed by atoms with Gasteiger partial charge in [0.15, 0.2) is 0 Å². The third-order valence-corrected chi connectivity index (χ3v) is 5.01. The van der Waals surface area contributed by atoms with Crippen molar-refractivity contribution in [1.82, 2.24) is 4.90 Å². The van der Waals surface area contributed by atoms with Crippen LogP contribution in [-0.2, 0) is 0 Å². The maximum Gasteiger partial charge on any atom is 0.0713 e. The van der Waals surface area contributed by atoms with Gasteiger partial charge in [0.25, 0.3) is 0 Å². The van der Waals surface area contributed by atoms with Crippen LogP contribution in [0.3, 0.4) is 0 Å². The summed E-state index contributed by atoms with van der Waals surface area (Å²) in [5, 5.41) is 0. The van der Waals surface area contributed by atoms with Gasteiger partial charge in [-0.25, -0.2) is 0 Å². The highest BCUT2D eigenvalue weighted by molar-refractivity contribution is 5.43. The number of hydrogen-bond donors (Lipinski definition) is 0. The Hall–Kier alpha value is -0.680. The SMILES string of the molecule is CCC1CC23CCC4CCC2=C=C4N13. The number of rotatable bonds is 1. The fourth-order valence-electron chi connectivity index (χ4n) is 4.29. The van der Waals surface area contributed by atoms with Gasteiger partial charge in [0.05, 0.1) is 11.2 Å². The van der Waals surface area contributed by atoms with Crippen LogP contribution in [0.1, 0.15) is 45.4 Å². The van der Waals surface area contributed by atoms with E-state index in [0.29, 0.717) is 5.54 Å². The van der Waals surface area contributed by atoms with Crippen molar-refractivity contribution in [2.45, 2.75) is 57.0 Å². The molecule has 0 aromatic rings. The molecule has 2 saturated heterocycles. The molecule has 0 saturated carbocycles. The van der Waals surface area contributed by atoms with E-state index in [0.717, 1.165) is 12.0 Å². The second kappa shape index (κ2) is 2.12. The molecular weight excluding hydrogens is 170 g/mol. The van der Waals surface area contributed by atoms with Crippen LogP contribution in [0.5, 0.6) is 0 Å². The molecule has 4 aliphatic rings. The van der Waals surface area contributed by atoms with Gasteiger partial charge in [0, 0.05) is 12.0 Å². The topological polar surface area (TPSA) is 3.24 Å². The molecule has 1 nitrogen and oxygen atoms in total. The summed E-state index contributed by atoms with van der Waals surface area (Å²) in [5.41, 5.74) is 7.52. The van der Waals surface area contributed by atoms with Gasteiger partial charge in [0.2, 0.25) is 0 Å². The first-order chi connectivity index (χ1) is 6.85. The number of hydrogen-bond acceptors (Lipinski definition) is 1. The fraction of sp³-hybridized carbons (Fsp3) is 0.769. The Morgan fingerprint density at radius 2 is 2.43 bits per heavy atom. The summed E-state index contributed by atoms with van der Waals surface area (Å²) in [7, 11) is 0. The minimum atomic E-state index is 0.517. The third kappa shape index (κ3) is 0.587. The summed E-state index contributed by atoms with van der Waals surface area (Å²) >= 11 is 0. The molecule has 3 unspecified atom stereocenters. The molecule has 4 rings (SSSR count). The monoisotopic (exact) mass is 187 g/mol. The molecule has 0 aromatic heterocycles. The van der Waals surface area contributed by atoms with Crippen LogP contribution < -0.4 is 0 Å². The predicted molar refractivity (Wildman–Crippen MR) is 55.8 cm³/mol. The summed E-state index contributed by atoms with van der Waals surface area (Å²) < 4.78 is 0. The van der Waals surface area contributed by atoms with Crippen molar-refractivity contribution in [3.8, 4) is 0 Å². The molecule has 0 N–H and O–H groups in total. The lowest BCUT2D eigenvalue weighted by Gasteiger charge is -2.60. The van der Waals surface area contributed by atoms with E-state index in [-0.39, 0.29) is 0 Å². The van der Waals surface area contributed by atoms with Crippen LogP contribution in [0.15, 0.2) is 17.0 Å². The largest absolute Gasteiger partial charge is 0.355 e. The molecule has 3 heterocycles. The Morgan fingerprint density at radius 1 is 1.50 bits per heavy atom. The standard InChI is InChI=1S/C13H17N/c1-2-11-8-13-6-5-9-3-4-10(13)7-12(9)14(11)13/h9,11H,2-6,8H2,1H3. The molecule has 14 heavy (non-hydrogen) atoms. The van der Waals surface area contributed by atoms with Gasteiger partial charge in [-0.15, -0.1) is 0 Å². The van der Waals surface area contributed by atoms with E-state index in [2.05, 4.69) is 17.6 Å².